The first-order valence-electron chi connectivity index (χ1n) is 7.85. The fourth-order valence-corrected chi connectivity index (χ4v) is 2.21. The molecule has 26 heavy (non-hydrogen) atoms. The second-order valence-electron chi connectivity index (χ2n) is 5.29. The van der Waals surface area contributed by atoms with Crippen LogP contribution in [0, 0.1) is 0 Å². The van der Waals surface area contributed by atoms with Gasteiger partial charge in [-0.25, -0.2) is 9.78 Å². The molecule has 6 nitrogen and oxygen atoms in total. The second-order valence-corrected chi connectivity index (χ2v) is 5.29. The maximum Gasteiger partial charge on any atom is 0.356 e. The Labute approximate surface area is 150 Å². The molecule has 3 aromatic rings. The lowest BCUT2D eigenvalue weighted by Crippen LogP contribution is -2.15. The highest BCUT2D eigenvalue weighted by Gasteiger charge is 2.12. The fourth-order valence-electron chi connectivity index (χ4n) is 2.21. The first-order valence-corrected chi connectivity index (χ1v) is 7.85. The van der Waals surface area contributed by atoms with Gasteiger partial charge >= 0.3 is 5.97 Å². The van der Waals surface area contributed by atoms with Gasteiger partial charge < -0.3 is 14.8 Å². The van der Waals surface area contributed by atoms with Crippen molar-refractivity contribution in [3.05, 3.63) is 84.2 Å². The Morgan fingerprint density at radius 3 is 2.15 bits per heavy atom. The van der Waals surface area contributed by atoms with Gasteiger partial charge in [-0.3, -0.25) is 4.79 Å². The number of pyridine rings is 1. The number of anilines is 1. The number of hydrogen-bond acceptors (Lipinski definition) is 5. The topological polar surface area (TPSA) is 77.5 Å². The van der Waals surface area contributed by atoms with Crippen LogP contribution in [0.2, 0.25) is 0 Å². The van der Waals surface area contributed by atoms with E-state index in [0.717, 1.165) is 5.75 Å². The van der Waals surface area contributed by atoms with Crippen LogP contribution in [0.15, 0.2) is 72.8 Å². The number of para-hydroxylation sites is 1. The Balaban J connectivity index is 1.67. The standard InChI is InChI=1S/C20H16N2O4/c1-25-20(24)18-9-5-8-17(22-18)19(23)21-14-10-12-16(13-11-14)26-15-6-3-2-4-7-15/h2-13H,1H3,(H,21,23). The molecule has 0 unspecified atom stereocenters. The van der Waals surface area contributed by atoms with Crippen molar-refractivity contribution in [3.8, 4) is 11.5 Å². The van der Waals surface area contributed by atoms with Gasteiger partial charge in [0.2, 0.25) is 0 Å². The molecule has 130 valence electrons. The summed E-state index contributed by atoms with van der Waals surface area (Å²) in [6.45, 7) is 0. The van der Waals surface area contributed by atoms with E-state index in [2.05, 4.69) is 15.0 Å². The Morgan fingerprint density at radius 1 is 0.808 bits per heavy atom. The van der Waals surface area contributed by atoms with E-state index in [-0.39, 0.29) is 11.4 Å². The summed E-state index contributed by atoms with van der Waals surface area (Å²) in [7, 11) is 1.26. The van der Waals surface area contributed by atoms with Gasteiger partial charge in [0.1, 0.15) is 22.9 Å². The van der Waals surface area contributed by atoms with E-state index in [0.29, 0.717) is 11.4 Å². The van der Waals surface area contributed by atoms with Gasteiger partial charge in [-0.05, 0) is 48.5 Å². The molecule has 0 atom stereocenters. The molecule has 0 aliphatic rings. The molecule has 0 saturated heterocycles. The molecule has 2 aromatic carbocycles. The zero-order valence-electron chi connectivity index (χ0n) is 14.0. The first-order chi connectivity index (χ1) is 12.7. The van der Waals surface area contributed by atoms with Crippen molar-refractivity contribution in [1.29, 1.82) is 0 Å². The summed E-state index contributed by atoms with van der Waals surface area (Å²) in [4.78, 5) is 27.8. The van der Waals surface area contributed by atoms with Crippen LogP contribution in [0.4, 0.5) is 5.69 Å². The number of carbonyl (C=O) groups excluding carboxylic acids is 2. The van der Waals surface area contributed by atoms with Gasteiger partial charge in [-0.15, -0.1) is 0 Å². The van der Waals surface area contributed by atoms with Gasteiger partial charge in [0.05, 0.1) is 7.11 Å². The monoisotopic (exact) mass is 348 g/mol. The zero-order valence-corrected chi connectivity index (χ0v) is 14.0. The average Bonchev–Trinajstić information content (AvgIpc) is 2.69. The molecule has 1 N–H and O–H groups in total. The molecule has 0 radical (unpaired) electrons. The predicted octanol–water partition coefficient (Wildman–Crippen LogP) is 3.91. The van der Waals surface area contributed by atoms with Gasteiger partial charge in [0.15, 0.2) is 0 Å². The van der Waals surface area contributed by atoms with E-state index >= 15 is 0 Å². The minimum absolute atomic E-state index is 0.0757. The van der Waals surface area contributed by atoms with Crippen molar-refractivity contribution in [3.63, 3.8) is 0 Å². The summed E-state index contributed by atoms with van der Waals surface area (Å²) in [5.41, 5.74) is 0.782. The molecule has 1 aromatic heterocycles. The molecule has 1 amide bonds. The Hall–Kier alpha value is -3.67. The highest BCUT2D eigenvalue weighted by Crippen LogP contribution is 2.22. The van der Waals surface area contributed by atoms with Gasteiger partial charge in [0, 0.05) is 5.69 Å². The third-order valence-electron chi connectivity index (χ3n) is 3.47. The maximum atomic E-state index is 12.3. The number of methoxy groups -OCH3 is 1. The van der Waals surface area contributed by atoms with E-state index in [1.807, 2.05) is 30.3 Å². The van der Waals surface area contributed by atoms with Crippen molar-refractivity contribution in [2.45, 2.75) is 0 Å². The first kappa shape index (κ1) is 17.2. The van der Waals surface area contributed by atoms with Gasteiger partial charge in [-0.2, -0.15) is 0 Å². The van der Waals surface area contributed by atoms with Crippen LogP contribution in [-0.4, -0.2) is 24.0 Å². The minimum Gasteiger partial charge on any atom is -0.464 e. The molecule has 0 saturated carbocycles. The van der Waals surface area contributed by atoms with Crippen molar-refractivity contribution < 1.29 is 19.1 Å². The summed E-state index contributed by atoms with van der Waals surface area (Å²) >= 11 is 0. The largest absolute Gasteiger partial charge is 0.464 e. The SMILES string of the molecule is COC(=O)c1cccc(C(=O)Nc2ccc(Oc3ccccc3)cc2)n1. The number of hydrogen-bond donors (Lipinski definition) is 1. The quantitative estimate of drug-likeness (QED) is 0.707. The molecule has 6 heteroatoms. The van der Waals surface area contributed by atoms with Crippen LogP contribution in [-0.2, 0) is 4.74 Å². The normalized spacial score (nSPS) is 10.0. The summed E-state index contributed by atoms with van der Waals surface area (Å²) in [5, 5.41) is 2.72. The number of amides is 1. The maximum absolute atomic E-state index is 12.3. The number of benzene rings is 2. The number of esters is 1. The molecule has 0 aliphatic heterocycles. The lowest BCUT2D eigenvalue weighted by molar-refractivity contribution is 0.0594. The van der Waals surface area contributed by atoms with E-state index in [1.54, 1.807) is 30.3 Å². The third kappa shape index (κ3) is 4.24. The van der Waals surface area contributed by atoms with Crippen molar-refractivity contribution in [1.82, 2.24) is 4.98 Å². The molecular formula is C20H16N2O4. The van der Waals surface area contributed by atoms with E-state index in [1.165, 1.54) is 19.2 Å². The van der Waals surface area contributed by atoms with Crippen LogP contribution in [0.5, 0.6) is 11.5 Å². The van der Waals surface area contributed by atoms with Crippen LogP contribution < -0.4 is 10.1 Å². The van der Waals surface area contributed by atoms with Crippen LogP contribution in [0.1, 0.15) is 21.0 Å². The molecular weight excluding hydrogens is 332 g/mol. The summed E-state index contributed by atoms with van der Waals surface area (Å²) in [5.74, 6) is 0.364. The average molecular weight is 348 g/mol. The van der Waals surface area contributed by atoms with Crippen LogP contribution >= 0.6 is 0 Å². The lowest BCUT2D eigenvalue weighted by atomic mass is 10.2. The number of rotatable bonds is 5. The Kier molecular flexibility index (Phi) is 5.24. The lowest BCUT2D eigenvalue weighted by Gasteiger charge is -2.08. The molecule has 0 spiro atoms. The number of ether oxygens (including phenoxy) is 2. The molecule has 1 heterocycles. The highest BCUT2D eigenvalue weighted by atomic mass is 16.5. The third-order valence-corrected chi connectivity index (χ3v) is 3.47. The predicted molar refractivity (Wildman–Crippen MR) is 96.5 cm³/mol. The van der Waals surface area contributed by atoms with Crippen LogP contribution in [0.25, 0.3) is 0 Å². The fraction of sp³-hybridized carbons (Fsp3) is 0.0500. The number of aromatic nitrogens is 1. The van der Waals surface area contributed by atoms with Crippen molar-refractivity contribution in [2.75, 3.05) is 12.4 Å². The van der Waals surface area contributed by atoms with E-state index in [4.69, 9.17) is 4.74 Å². The number of nitrogens with one attached hydrogen (secondary N) is 1. The minimum atomic E-state index is -0.595. The van der Waals surface area contributed by atoms with Crippen molar-refractivity contribution >= 4 is 17.6 Å². The molecule has 0 aliphatic carbocycles. The molecule has 3 rings (SSSR count). The molecule has 0 bridgehead atoms. The summed E-state index contributed by atoms with van der Waals surface area (Å²) < 4.78 is 10.3. The summed E-state index contributed by atoms with van der Waals surface area (Å²) in [6.07, 6.45) is 0. The number of carbonyl (C=O) groups is 2. The van der Waals surface area contributed by atoms with E-state index < -0.39 is 11.9 Å². The zero-order chi connectivity index (χ0) is 18.4. The van der Waals surface area contributed by atoms with E-state index in [9.17, 15) is 9.59 Å². The Morgan fingerprint density at radius 2 is 1.46 bits per heavy atom. The van der Waals surface area contributed by atoms with Gasteiger partial charge in [0.25, 0.3) is 5.91 Å². The van der Waals surface area contributed by atoms with Crippen molar-refractivity contribution in [2.24, 2.45) is 0 Å². The highest BCUT2D eigenvalue weighted by molar-refractivity contribution is 6.03. The van der Waals surface area contributed by atoms with Crippen LogP contribution in [0.3, 0.4) is 0 Å². The van der Waals surface area contributed by atoms with Gasteiger partial charge in [-0.1, -0.05) is 24.3 Å². The Bertz CT molecular complexity index is 909. The summed E-state index contributed by atoms with van der Waals surface area (Å²) in [6, 6.07) is 20.9. The number of nitrogens with zero attached hydrogens (tertiary/aromatic N) is 1. The molecule has 0 fully saturated rings. The smallest absolute Gasteiger partial charge is 0.356 e. The second kappa shape index (κ2) is 7.94.